The van der Waals surface area contributed by atoms with E-state index in [0.717, 1.165) is 81.1 Å². The van der Waals surface area contributed by atoms with E-state index in [1.54, 1.807) is 30.3 Å². The first-order chi connectivity index (χ1) is 43.1. The van der Waals surface area contributed by atoms with Gasteiger partial charge in [-0.1, -0.05) is 59.7 Å². The Bertz CT molecular complexity index is 4030. The van der Waals surface area contributed by atoms with Crippen molar-refractivity contribution in [2.45, 2.75) is 51.6 Å². The molecule has 8 aliphatic heterocycles. The Morgan fingerprint density at radius 2 is 0.890 bits per heavy atom. The average Bonchev–Trinajstić information content (AvgIpc) is 1.62. The zero-order valence-electron chi connectivity index (χ0n) is 50.2. The summed E-state index contributed by atoms with van der Waals surface area (Å²) in [6.45, 7) is 8.09. The minimum atomic E-state index is -0.501. The number of nitrogens with zero attached hydrogens (tertiary/aromatic N) is 10. The van der Waals surface area contributed by atoms with Crippen molar-refractivity contribution in [1.29, 1.82) is 0 Å². The molecule has 0 aliphatic carbocycles. The first-order valence-electron chi connectivity index (χ1n) is 29.3. The summed E-state index contributed by atoms with van der Waals surface area (Å²) in [5.74, 6) is -1.83. The van der Waals surface area contributed by atoms with Gasteiger partial charge in [0, 0.05) is 157 Å². The number of halogens is 6. The van der Waals surface area contributed by atoms with Crippen LogP contribution < -0.4 is 39.2 Å². The van der Waals surface area contributed by atoms with Gasteiger partial charge in [-0.15, -0.1) is 61.1 Å². The number of hydrogen-bond acceptors (Lipinski definition) is 10. The van der Waals surface area contributed by atoms with Crippen LogP contribution in [0.5, 0.6) is 0 Å². The third-order valence-electron chi connectivity index (χ3n) is 16.9. The topological polar surface area (TPSA) is 32.4 Å². The van der Waals surface area contributed by atoms with Crippen LogP contribution in [0.3, 0.4) is 0 Å². The number of hydrogen-bond donors (Lipinski definition) is 0. The second-order valence-corrected chi connectivity index (χ2v) is 22.7. The van der Waals surface area contributed by atoms with Crippen molar-refractivity contribution < 1.29 is 66.6 Å². The van der Waals surface area contributed by atoms with Gasteiger partial charge in [-0.05, 0) is 134 Å². The van der Waals surface area contributed by atoms with Gasteiger partial charge in [0.05, 0.1) is 17.1 Å². The minimum absolute atomic E-state index is 0. The van der Waals surface area contributed by atoms with Crippen LogP contribution in [0.25, 0.3) is 0 Å². The Morgan fingerprint density at radius 3 is 1.52 bits per heavy atom. The minimum Gasteiger partial charge on any atom is -0.500 e. The quantitative estimate of drug-likeness (QED) is 0.126. The summed E-state index contributed by atoms with van der Waals surface area (Å²) in [5.41, 5.74) is 16.6. The van der Waals surface area contributed by atoms with Crippen LogP contribution in [0.15, 0.2) is 219 Å². The predicted molar refractivity (Wildman–Crippen MR) is 344 cm³/mol. The summed E-state index contributed by atoms with van der Waals surface area (Å²) < 4.78 is 78.9. The second-order valence-electron chi connectivity index (χ2n) is 22.7. The number of rotatable bonds is 4. The molecule has 17 rings (SSSR count). The van der Waals surface area contributed by atoms with E-state index in [4.69, 9.17) is 0 Å². The van der Waals surface area contributed by atoms with Crippen LogP contribution in [-0.4, -0.2) is 49.4 Å². The number of fused-ring (bicyclic) bond motifs is 12. The van der Waals surface area contributed by atoms with E-state index in [0.29, 0.717) is 24.4 Å². The van der Waals surface area contributed by atoms with E-state index in [2.05, 4.69) is 155 Å². The summed E-state index contributed by atoms with van der Waals surface area (Å²) in [7, 11) is 6.08. The van der Waals surface area contributed by atoms with Gasteiger partial charge in [0.2, 0.25) is 0 Å². The Hall–Kier alpha value is -8.92. The van der Waals surface area contributed by atoms with E-state index in [9.17, 15) is 26.3 Å². The molecule has 0 bridgehead atoms. The van der Waals surface area contributed by atoms with Gasteiger partial charge >= 0.3 is 0 Å². The number of aryl methyl sites for hydroxylation is 2. The number of anilines is 11. The molecule has 0 saturated heterocycles. The summed E-state index contributed by atoms with van der Waals surface area (Å²) in [4.78, 5) is 20.8. The largest absolute Gasteiger partial charge is 0.500 e. The molecule has 2 radical (unpaired) electrons. The molecule has 0 N–H and O–H groups in total. The van der Waals surface area contributed by atoms with E-state index in [-0.39, 0.29) is 69.6 Å². The van der Waals surface area contributed by atoms with Crippen LogP contribution in [0, 0.1) is 74.2 Å². The van der Waals surface area contributed by atoms with Gasteiger partial charge in [-0.25, -0.2) is 17.6 Å². The maximum Gasteiger partial charge on any atom is 0.150 e. The van der Waals surface area contributed by atoms with Gasteiger partial charge < -0.3 is 49.0 Å². The number of para-hydroxylation sites is 4. The van der Waals surface area contributed by atoms with Gasteiger partial charge in [0.25, 0.3) is 0 Å². The van der Waals surface area contributed by atoms with Gasteiger partial charge in [0.15, 0.2) is 0 Å². The number of benzene rings is 9. The molecule has 9 aromatic rings. The summed E-state index contributed by atoms with van der Waals surface area (Å²) in [5, 5.41) is 0. The summed E-state index contributed by atoms with van der Waals surface area (Å²) in [6, 6.07) is 60.6. The normalized spacial score (nSPS) is 17.4. The van der Waals surface area contributed by atoms with Gasteiger partial charge in [0.1, 0.15) is 41.8 Å². The monoisotopic (exact) mass is 1580 g/mol. The molecule has 0 amide bonds. The van der Waals surface area contributed by atoms with Crippen molar-refractivity contribution in [1.82, 2.24) is 9.80 Å². The molecule has 0 aromatic heterocycles. The fourth-order valence-corrected chi connectivity index (χ4v) is 12.3. The number of likely N-dealkylation sites (N-methyl/N-ethyl adjacent to an activating group) is 3. The summed E-state index contributed by atoms with van der Waals surface area (Å²) in [6.07, 6.45) is 14.9. The van der Waals surface area contributed by atoms with Crippen LogP contribution in [-0.2, 0) is 59.5 Å². The molecule has 8 aliphatic rings. The molecule has 10 nitrogen and oxygen atoms in total. The molecule has 0 spiro atoms. The van der Waals surface area contributed by atoms with Crippen LogP contribution in [0.2, 0.25) is 0 Å². The fraction of sp³-hybridized carbons (Fsp3) is 0.151. The van der Waals surface area contributed by atoms with Crippen molar-refractivity contribution in [3.8, 4) is 0 Å². The SMILES string of the molecule is CN1C=CN2c3c(F)cc(F)cc3CC12.CN1C=CN2c3ccc(F)cc3CC12.CN1c2ccccc2N2c3ccc(F)cc3CC12.Cc1ccc(N2C=CN(c3[c-]cc(F)cc3)[CH-]2)cc1.Cc1ccc(N2[CH-]N(c3[c-]cc(F)cc3)c3ccccc32)cc1.[Ir].[Ir]. The van der Waals surface area contributed by atoms with Crippen molar-refractivity contribution in [3.05, 3.63) is 307 Å². The standard InChI is InChI=1S/C20H15FN2.C16H13FN2.C15H13FN2.C11H10F2N2.C11H11FN2.2Ir/c1-15-6-10-17(11-7-15)22-14-23(18-12-8-16(21)9-13-18)20-5-3-2-4-19(20)22;1-13-2-6-15(7-3-13)18-10-11-19(12-18)16-8-4-14(17)5-9-16;1-17-13-4-2-3-5-14(13)18-12-7-6-11(16)8-10(12)9-15(17)18;1-14-2-3-15-10(14)5-7-4-8(12)6-9(13)11(7)15;1-13-4-5-14-10-3-2-9(12)6-8(10)7-11(13)14;;/h2-12,14H,1H3;2-8,10-12H,1H3;2-8,15H,9H2,1H3;2-4,6,10H,5H2,1H3;2-6,11H,7H2,1H3;;/q2*-2;;;;;. The first kappa shape index (κ1) is 63.6. The van der Waals surface area contributed by atoms with Crippen LogP contribution in [0.1, 0.15) is 27.8 Å². The average molecular weight is 1580 g/mol. The molecular weight excluding hydrogens is 1520 g/mol. The molecule has 0 saturated carbocycles. The van der Waals surface area contributed by atoms with Gasteiger partial charge in [-0.3, -0.25) is 8.78 Å². The maximum atomic E-state index is 13.6. The van der Waals surface area contributed by atoms with Crippen molar-refractivity contribution in [3.63, 3.8) is 0 Å². The zero-order valence-corrected chi connectivity index (χ0v) is 55.0. The molecule has 0 fully saturated rings. The molecule has 9 aromatic carbocycles. The third kappa shape index (κ3) is 12.9. The van der Waals surface area contributed by atoms with Crippen LogP contribution in [0.4, 0.5) is 88.9 Å². The molecule has 91 heavy (non-hydrogen) atoms. The molecule has 3 unspecified atom stereocenters. The first-order valence-corrected chi connectivity index (χ1v) is 29.3. The van der Waals surface area contributed by atoms with E-state index < -0.39 is 11.6 Å². The third-order valence-corrected chi connectivity index (χ3v) is 16.9. The van der Waals surface area contributed by atoms with Crippen molar-refractivity contribution >= 4 is 62.6 Å². The van der Waals surface area contributed by atoms with Crippen molar-refractivity contribution in [2.75, 3.05) is 60.3 Å². The smallest absolute Gasteiger partial charge is 0.150 e. The maximum absolute atomic E-state index is 13.6. The predicted octanol–water partition coefficient (Wildman–Crippen LogP) is 16.5. The summed E-state index contributed by atoms with van der Waals surface area (Å²) >= 11 is 0. The Balaban J connectivity index is 0.000000117. The zero-order chi connectivity index (χ0) is 61.6. The van der Waals surface area contributed by atoms with Gasteiger partial charge in [-0.2, -0.15) is 12.1 Å². The molecular formula is C73H62F6Ir2N10-4. The Morgan fingerprint density at radius 1 is 0.396 bits per heavy atom. The molecule has 18 heteroatoms. The Labute approximate surface area is 554 Å². The molecule has 3 atom stereocenters. The Kier molecular flexibility index (Phi) is 18.8. The van der Waals surface area contributed by atoms with E-state index in [1.807, 2.05) is 101 Å². The van der Waals surface area contributed by atoms with Crippen LogP contribution >= 0.6 is 0 Å². The van der Waals surface area contributed by atoms with E-state index >= 15 is 0 Å². The fourth-order valence-electron chi connectivity index (χ4n) is 12.3. The molecule has 8 heterocycles. The van der Waals surface area contributed by atoms with E-state index in [1.165, 1.54) is 58.9 Å². The van der Waals surface area contributed by atoms with Crippen molar-refractivity contribution in [2.24, 2.45) is 0 Å². The second kappa shape index (κ2) is 26.9. The molecule has 468 valence electrons.